The van der Waals surface area contributed by atoms with E-state index in [2.05, 4.69) is 71.8 Å². The minimum atomic E-state index is -0.821. The number of thiazole rings is 1. The number of carbonyl (C=O) groups excluding carboxylic acids is 3. The number of anilines is 2. The van der Waals surface area contributed by atoms with Gasteiger partial charge in [-0.05, 0) is 119 Å². The predicted octanol–water partition coefficient (Wildman–Crippen LogP) is 9.87. The number of nitrogens with zero attached hydrogens (tertiary/aromatic N) is 6. The SMILES string of the molecule is CCN(c1ccc(C#N)c(Cl)c1)c1cc(-c2nn(CCCCCOCC(=O)N[C@H](C(=O)N3CCCC3C(=O)N[C@@H](C)c3ccc(-c4scnc4C)cc3)C(C)(C)C)cc2C)ccc1C. The molecule has 0 spiro atoms. The van der Waals surface area contributed by atoms with Crippen LogP contribution in [0.2, 0.25) is 5.02 Å². The van der Waals surface area contributed by atoms with Crippen molar-refractivity contribution in [1.29, 1.82) is 5.26 Å². The minimum absolute atomic E-state index is 0.156. The largest absolute Gasteiger partial charge is 0.372 e. The van der Waals surface area contributed by atoms with Crippen LogP contribution in [0.4, 0.5) is 11.4 Å². The molecule has 1 saturated heterocycles. The molecular weight excluding hydrogens is 844 g/mol. The molecule has 5 aromatic rings. The van der Waals surface area contributed by atoms with E-state index in [1.54, 1.807) is 22.3 Å². The van der Waals surface area contributed by atoms with Crippen LogP contribution >= 0.6 is 22.9 Å². The maximum atomic E-state index is 14.1. The van der Waals surface area contributed by atoms with Crippen LogP contribution in [0.3, 0.4) is 0 Å². The first-order chi connectivity index (χ1) is 30.6. The summed E-state index contributed by atoms with van der Waals surface area (Å²) in [5, 5.41) is 20.8. The van der Waals surface area contributed by atoms with E-state index in [1.165, 1.54) is 0 Å². The number of benzene rings is 3. The van der Waals surface area contributed by atoms with Gasteiger partial charge in [0.15, 0.2) is 0 Å². The highest BCUT2D eigenvalue weighted by Gasteiger charge is 2.42. The van der Waals surface area contributed by atoms with E-state index >= 15 is 0 Å². The van der Waals surface area contributed by atoms with Gasteiger partial charge in [0.05, 0.1) is 38.4 Å². The second-order valence-corrected chi connectivity index (χ2v) is 19.0. The number of hydrogen-bond donors (Lipinski definition) is 2. The van der Waals surface area contributed by atoms with Gasteiger partial charge in [-0.25, -0.2) is 4.98 Å². The van der Waals surface area contributed by atoms with Gasteiger partial charge < -0.3 is 25.2 Å². The molecule has 338 valence electrons. The van der Waals surface area contributed by atoms with Gasteiger partial charge in [-0.15, -0.1) is 11.3 Å². The Hall–Kier alpha value is -5.55. The van der Waals surface area contributed by atoms with Crippen LogP contribution in [0.1, 0.15) is 101 Å². The number of rotatable bonds is 18. The first kappa shape index (κ1) is 47.9. The van der Waals surface area contributed by atoms with Crippen LogP contribution in [-0.2, 0) is 25.7 Å². The van der Waals surface area contributed by atoms with Gasteiger partial charge in [-0.2, -0.15) is 10.4 Å². The van der Waals surface area contributed by atoms with Crippen molar-refractivity contribution < 1.29 is 19.1 Å². The summed E-state index contributed by atoms with van der Waals surface area (Å²) in [6, 6.07) is 20.5. The molecule has 64 heavy (non-hydrogen) atoms. The highest BCUT2D eigenvalue weighted by Crippen LogP contribution is 2.35. The van der Waals surface area contributed by atoms with E-state index < -0.39 is 17.5 Å². The molecule has 3 amide bonds. The molecule has 2 aromatic heterocycles. The number of hydrogen-bond acceptors (Lipinski definition) is 9. The maximum Gasteiger partial charge on any atom is 0.246 e. The number of nitriles is 1. The van der Waals surface area contributed by atoms with Crippen molar-refractivity contribution in [3.63, 3.8) is 0 Å². The van der Waals surface area contributed by atoms with E-state index in [-0.39, 0.29) is 30.4 Å². The van der Waals surface area contributed by atoms with Crippen LogP contribution in [0.5, 0.6) is 0 Å². The summed E-state index contributed by atoms with van der Waals surface area (Å²) in [6.45, 7) is 18.1. The summed E-state index contributed by atoms with van der Waals surface area (Å²) in [7, 11) is 0. The molecule has 3 aromatic carbocycles. The number of carbonyl (C=O) groups is 3. The van der Waals surface area contributed by atoms with E-state index in [9.17, 15) is 19.6 Å². The molecule has 0 bridgehead atoms. The summed E-state index contributed by atoms with van der Waals surface area (Å²) >= 11 is 8.00. The van der Waals surface area contributed by atoms with E-state index in [1.807, 2.05) is 81.2 Å². The van der Waals surface area contributed by atoms with Crippen molar-refractivity contribution in [2.75, 3.05) is 31.2 Å². The Bertz CT molecular complexity index is 2470. The highest BCUT2D eigenvalue weighted by molar-refractivity contribution is 7.13. The lowest BCUT2D eigenvalue weighted by molar-refractivity contribution is -0.144. The average molecular weight is 906 g/mol. The predicted molar refractivity (Wildman–Crippen MR) is 256 cm³/mol. The van der Waals surface area contributed by atoms with Crippen LogP contribution < -0.4 is 15.5 Å². The number of aromatic nitrogens is 3. The number of aryl methyl sites for hydroxylation is 4. The van der Waals surface area contributed by atoms with Crippen LogP contribution in [0.15, 0.2) is 72.4 Å². The van der Waals surface area contributed by atoms with Gasteiger partial charge >= 0.3 is 0 Å². The lowest BCUT2D eigenvalue weighted by atomic mass is 9.85. The standard InChI is InChI=1S/C50H61ClN8O4S/c1-9-58(40-22-21-39(28-52)41(51)27-40)43-26-38(16-15-32(43)2)45-33(3)29-57(56-45)23-11-10-12-25-63-30-44(60)55-47(50(6,7)8)49(62)59-24-13-14-42(59)48(61)54-34(4)36-17-19-37(20-18-36)46-35(5)53-31-64-46/h15-22,26-27,29,31,34,42,47H,9-14,23-25,30H2,1-8H3,(H,54,61)(H,55,60)/t34-,42?,47+/m0/s1. The van der Waals surface area contributed by atoms with E-state index in [4.69, 9.17) is 21.4 Å². The zero-order chi connectivity index (χ0) is 46.1. The summed E-state index contributed by atoms with van der Waals surface area (Å²) in [5.74, 6) is -0.814. The smallest absolute Gasteiger partial charge is 0.246 e. The number of amides is 3. The molecule has 0 saturated carbocycles. The molecule has 1 aliphatic heterocycles. The number of likely N-dealkylation sites (tertiary alicyclic amines) is 1. The van der Waals surface area contributed by atoms with Crippen molar-refractivity contribution >= 4 is 52.0 Å². The van der Waals surface area contributed by atoms with Gasteiger partial charge in [-0.1, -0.05) is 68.8 Å². The Kier molecular flexibility index (Phi) is 16.0. The first-order valence-corrected chi connectivity index (χ1v) is 23.5. The van der Waals surface area contributed by atoms with Gasteiger partial charge in [-0.3, -0.25) is 19.1 Å². The molecule has 1 unspecified atom stereocenters. The normalized spacial score (nSPS) is 14.8. The zero-order valence-corrected chi connectivity index (χ0v) is 39.9. The van der Waals surface area contributed by atoms with E-state index in [0.29, 0.717) is 36.6 Å². The number of unbranched alkanes of at least 4 members (excludes halogenated alkanes) is 2. The topological polar surface area (TPSA) is 145 Å². The van der Waals surface area contributed by atoms with Crippen LogP contribution in [-0.4, -0.2) is 75.8 Å². The Morgan fingerprint density at radius 2 is 1.75 bits per heavy atom. The van der Waals surface area contributed by atoms with Crippen LogP contribution in [0.25, 0.3) is 21.7 Å². The molecule has 3 heterocycles. The van der Waals surface area contributed by atoms with Crippen molar-refractivity contribution in [1.82, 2.24) is 30.3 Å². The first-order valence-electron chi connectivity index (χ1n) is 22.2. The molecule has 1 fully saturated rings. The summed E-state index contributed by atoms with van der Waals surface area (Å²) in [5.41, 5.74) is 10.9. The summed E-state index contributed by atoms with van der Waals surface area (Å²) in [6.07, 6.45) is 5.90. The van der Waals surface area contributed by atoms with Crippen LogP contribution in [0, 0.1) is 37.5 Å². The number of ether oxygens (including phenoxy) is 1. The molecule has 14 heteroatoms. The summed E-state index contributed by atoms with van der Waals surface area (Å²) in [4.78, 5) is 50.1. The molecule has 2 N–H and O–H groups in total. The quantitative estimate of drug-likeness (QED) is 0.0827. The molecular formula is C50H61ClN8O4S. The molecule has 12 nitrogen and oxygen atoms in total. The fraction of sp³-hybridized carbons (Fsp3) is 0.440. The monoisotopic (exact) mass is 904 g/mol. The Morgan fingerprint density at radius 1 is 1.00 bits per heavy atom. The number of nitrogens with one attached hydrogen (secondary N) is 2. The fourth-order valence-corrected chi connectivity index (χ4v) is 9.29. The average Bonchev–Trinajstić information content (AvgIpc) is 4.03. The highest BCUT2D eigenvalue weighted by atomic mass is 35.5. The van der Waals surface area contributed by atoms with E-state index in [0.717, 1.165) is 87.8 Å². The molecule has 0 radical (unpaired) electrons. The lowest BCUT2D eigenvalue weighted by Crippen LogP contribution is -2.58. The third kappa shape index (κ3) is 11.6. The summed E-state index contributed by atoms with van der Waals surface area (Å²) < 4.78 is 7.76. The lowest BCUT2D eigenvalue weighted by Gasteiger charge is -2.35. The van der Waals surface area contributed by atoms with Crippen molar-refractivity contribution in [3.8, 4) is 27.8 Å². The van der Waals surface area contributed by atoms with Crippen molar-refractivity contribution in [2.24, 2.45) is 5.41 Å². The van der Waals surface area contributed by atoms with Crippen molar-refractivity contribution in [3.05, 3.63) is 105 Å². The second kappa shape index (κ2) is 21.4. The van der Waals surface area contributed by atoms with Gasteiger partial charge in [0.1, 0.15) is 24.8 Å². The molecule has 0 aliphatic carbocycles. The Labute approximate surface area is 387 Å². The molecule has 3 atom stereocenters. The zero-order valence-electron chi connectivity index (χ0n) is 38.3. The third-order valence-electron chi connectivity index (χ3n) is 11.9. The Morgan fingerprint density at radius 3 is 2.42 bits per heavy atom. The second-order valence-electron chi connectivity index (χ2n) is 17.7. The van der Waals surface area contributed by atoms with Gasteiger partial charge in [0.2, 0.25) is 17.7 Å². The molecule has 6 rings (SSSR count). The minimum Gasteiger partial charge on any atom is -0.372 e. The maximum absolute atomic E-state index is 14.1. The number of halogens is 1. The van der Waals surface area contributed by atoms with Crippen molar-refractivity contribution in [2.45, 2.75) is 112 Å². The van der Waals surface area contributed by atoms with Gasteiger partial charge in [0, 0.05) is 49.4 Å². The third-order valence-corrected chi connectivity index (χ3v) is 13.2. The van der Waals surface area contributed by atoms with Gasteiger partial charge in [0.25, 0.3) is 0 Å². The Balaban J connectivity index is 0.949. The fourth-order valence-electron chi connectivity index (χ4n) is 8.26. The molecule has 1 aliphatic rings.